The monoisotopic (exact) mass is 282 g/mol. The molecule has 3 nitrogen and oxygen atoms in total. The van der Waals surface area contributed by atoms with Gasteiger partial charge in [0, 0.05) is 25.2 Å². The minimum absolute atomic E-state index is 0.0122. The first kappa shape index (κ1) is 14.8. The molecule has 1 amide bonds. The van der Waals surface area contributed by atoms with Crippen molar-refractivity contribution in [1.82, 2.24) is 4.90 Å². The van der Waals surface area contributed by atoms with Gasteiger partial charge in [-0.1, -0.05) is 0 Å². The highest BCUT2D eigenvalue weighted by molar-refractivity contribution is 5.95. The lowest BCUT2D eigenvalue weighted by Gasteiger charge is -2.27. The number of carbonyl (C=O) groups is 1. The van der Waals surface area contributed by atoms with Crippen molar-refractivity contribution in [3.05, 3.63) is 29.3 Å². The van der Waals surface area contributed by atoms with Crippen LogP contribution < -0.4 is 5.32 Å². The van der Waals surface area contributed by atoms with Gasteiger partial charge in [-0.3, -0.25) is 4.79 Å². The summed E-state index contributed by atoms with van der Waals surface area (Å²) in [7, 11) is 1.44. The summed E-state index contributed by atoms with van der Waals surface area (Å²) in [6.45, 7) is 4.48. The first-order valence-corrected chi connectivity index (χ1v) is 6.91. The average molecular weight is 282 g/mol. The van der Waals surface area contributed by atoms with Gasteiger partial charge in [0.25, 0.3) is 5.91 Å². The second-order valence-electron chi connectivity index (χ2n) is 5.56. The molecule has 0 atom stereocenters. The number of nitrogens with one attached hydrogen (secondary N) is 1. The standard InChI is InChI=1S/C15H20F2N2O/c1-9(2)19(8-10-4-5-10)15(20)11-6-12(16)14(18-3)13(17)7-11/h6-7,9-10,18H,4-5,8H2,1-3H3. The van der Waals surface area contributed by atoms with E-state index in [9.17, 15) is 13.6 Å². The van der Waals surface area contributed by atoms with Crippen LogP contribution in [-0.4, -0.2) is 30.4 Å². The lowest BCUT2D eigenvalue weighted by Crippen LogP contribution is -2.38. The molecule has 5 heteroatoms. The Morgan fingerprint density at radius 3 is 2.30 bits per heavy atom. The highest BCUT2D eigenvalue weighted by Crippen LogP contribution is 2.31. The van der Waals surface area contributed by atoms with Gasteiger partial charge in [-0.2, -0.15) is 0 Å². The minimum Gasteiger partial charge on any atom is -0.383 e. The zero-order valence-electron chi connectivity index (χ0n) is 12.0. The molecule has 1 aliphatic carbocycles. The average Bonchev–Trinajstić information content (AvgIpc) is 3.18. The molecule has 0 heterocycles. The predicted molar refractivity (Wildman–Crippen MR) is 74.8 cm³/mol. The number of hydrogen-bond donors (Lipinski definition) is 1. The van der Waals surface area contributed by atoms with E-state index in [4.69, 9.17) is 0 Å². The second-order valence-corrected chi connectivity index (χ2v) is 5.56. The molecular weight excluding hydrogens is 262 g/mol. The Morgan fingerprint density at radius 2 is 1.90 bits per heavy atom. The van der Waals surface area contributed by atoms with Crippen LogP contribution in [0.15, 0.2) is 12.1 Å². The van der Waals surface area contributed by atoms with E-state index in [-0.39, 0.29) is 23.2 Å². The first-order valence-electron chi connectivity index (χ1n) is 6.91. The van der Waals surface area contributed by atoms with Gasteiger partial charge in [0.1, 0.15) is 17.3 Å². The molecule has 0 aromatic heterocycles. The lowest BCUT2D eigenvalue weighted by atomic mass is 10.1. The molecule has 1 aromatic carbocycles. The Balaban J connectivity index is 2.26. The maximum Gasteiger partial charge on any atom is 0.254 e. The van der Waals surface area contributed by atoms with E-state index >= 15 is 0 Å². The van der Waals surface area contributed by atoms with Gasteiger partial charge in [-0.15, -0.1) is 0 Å². The number of amides is 1. The molecule has 110 valence electrons. The Labute approximate surface area is 118 Å². The summed E-state index contributed by atoms with van der Waals surface area (Å²) in [5, 5.41) is 2.45. The second kappa shape index (κ2) is 5.77. The van der Waals surface area contributed by atoms with Gasteiger partial charge in [0.2, 0.25) is 0 Å². The van der Waals surface area contributed by atoms with Crippen molar-refractivity contribution in [3.8, 4) is 0 Å². The summed E-state index contributed by atoms with van der Waals surface area (Å²) in [6.07, 6.45) is 2.25. The van der Waals surface area contributed by atoms with Crippen LogP contribution in [0.2, 0.25) is 0 Å². The number of anilines is 1. The fraction of sp³-hybridized carbons (Fsp3) is 0.533. The number of nitrogens with zero attached hydrogens (tertiary/aromatic N) is 1. The van der Waals surface area contributed by atoms with Gasteiger partial charge in [0.15, 0.2) is 0 Å². The number of hydrogen-bond acceptors (Lipinski definition) is 2. The molecule has 2 rings (SSSR count). The van der Waals surface area contributed by atoms with Gasteiger partial charge < -0.3 is 10.2 Å². The predicted octanol–water partition coefficient (Wildman–Crippen LogP) is 3.27. The van der Waals surface area contributed by atoms with Gasteiger partial charge >= 0.3 is 0 Å². The number of rotatable bonds is 5. The third kappa shape index (κ3) is 3.08. The summed E-state index contributed by atoms with van der Waals surface area (Å²) < 4.78 is 27.5. The van der Waals surface area contributed by atoms with Crippen molar-refractivity contribution in [2.75, 3.05) is 18.9 Å². The quantitative estimate of drug-likeness (QED) is 0.899. The van der Waals surface area contributed by atoms with Crippen molar-refractivity contribution < 1.29 is 13.6 Å². The number of benzene rings is 1. The Bertz CT molecular complexity index is 490. The summed E-state index contributed by atoms with van der Waals surface area (Å²) in [5.41, 5.74) is -0.145. The summed E-state index contributed by atoms with van der Waals surface area (Å²) >= 11 is 0. The molecule has 0 bridgehead atoms. The fourth-order valence-electron chi connectivity index (χ4n) is 2.21. The van der Waals surface area contributed by atoms with E-state index in [1.54, 1.807) is 4.90 Å². The van der Waals surface area contributed by atoms with E-state index < -0.39 is 11.6 Å². The summed E-state index contributed by atoms with van der Waals surface area (Å²) in [4.78, 5) is 14.1. The number of carbonyl (C=O) groups excluding carboxylic acids is 1. The first-order chi connectivity index (χ1) is 9.43. The van der Waals surface area contributed by atoms with Crippen molar-refractivity contribution in [2.45, 2.75) is 32.7 Å². The fourth-order valence-corrected chi connectivity index (χ4v) is 2.21. The van der Waals surface area contributed by atoms with Gasteiger partial charge in [-0.25, -0.2) is 8.78 Å². The molecular formula is C15H20F2N2O. The van der Waals surface area contributed by atoms with Crippen molar-refractivity contribution >= 4 is 11.6 Å². The Hall–Kier alpha value is -1.65. The largest absolute Gasteiger partial charge is 0.383 e. The van der Waals surface area contributed by atoms with Crippen LogP contribution in [0.4, 0.5) is 14.5 Å². The molecule has 1 N–H and O–H groups in total. The Kier molecular flexibility index (Phi) is 4.26. The van der Waals surface area contributed by atoms with Crippen LogP contribution in [0, 0.1) is 17.6 Å². The smallest absolute Gasteiger partial charge is 0.254 e. The normalized spacial score (nSPS) is 14.5. The molecule has 0 spiro atoms. The van der Waals surface area contributed by atoms with E-state index in [1.165, 1.54) is 7.05 Å². The number of halogens is 2. The molecule has 20 heavy (non-hydrogen) atoms. The van der Waals surface area contributed by atoms with Crippen molar-refractivity contribution in [1.29, 1.82) is 0 Å². The maximum atomic E-state index is 13.7. The lowest BCUT2D eigenvalue weighted by molar-refractivity contribution is 0.0695. The molecule has 1 aromatic rings. The van der Waals surface area contributed by atoms with Crippen molar-refractivity contribution in [3.63, 3.8) is 0 Å². The van der Waals surface area contributed by atoms with Gasteiger partial charge in [0.05, 0.1) is 0 Å². The van der Waals surface area contributed by atoms with E-state index in [1.807, 2.05) is 13.8 Å². The Morgan fingerprint density at radius 1 is 1.35 bits per heavy atom. The van der Waals surface area contributed by atoms with Crippen molar-refractivity contribution in [2.24, 2.45) is 5.92 Å². The molecule has 1 fully saturated rings. The van der Waals surface area contributed by atoms with E-state index in [2.05, 4.69) is 5.32 Å². The molecule has 0 unspecified atom stereocenters. The highest BCUT2D eigenvalue weighted by atomic mass is 19.1. The molecule has 0 aliphatic heterocycles. The summed E-state index contributed by atoms with van der Waals surface area (Å²) in [5.74, 6) is -1.27. The van der Waals surface area contributed by atoms with Crippen LogP contribution in [0.3, 0.4) is 0 Å². The van der Waals surface area contributed by atoms with Gasteiger partial charge in [-0.05, 0) is 44.7 Å². The SMILES string of the molecule is CNc1c(F)cc(C(=O)N(CC2CC2)C(C)C)cc1F. The molecule has 0 radical (unpaired) electrons. The molecule has 0 saturated heterocycles. The van der Waals surface area contributed by atoms with Crippen LogP contribution in [-0.2, 0) is 0 Å². The zero-order valence-corrected chi connectivity index (χ0v) is 12.0. The van der Waals surface area contributed by atoms with Crippen LogP contribution in [0.25, 0.3) is 0 Å². The third-order valence-electron chi connectivity index (χ3n) is 3.58. The van der Waals surface area contributed by atoms with E-state index in [0.717, 1.165) is 25.0 Å². The van der Waals surface area contributed by atoms with Crippen LogP contribution >= 0.6 is 0 Å². The third-order valence-corrected chi connectivity index (χ3v) is 3.58. The molecule has 1 aliphatic rings. The van der Waals surface area contributed by atoms with Crippen LogP contribution in [0.1, 0.15) is 37.0 Å². The van der Waals surface area contributed by atoms with E-state index in [0.29, 0.717) is 12.5 Å². The molecule has 1 saturated carbocycles. The maximum absolute atomic E-state index is 13.7. The summed E-state index contributed by atoms with van der Waals surface area (Å²) in [6, 6.07) is 2.21. The highest BCUT2D eigenvalue weighted by Gasteiger charge is 2.29. The zero-order chi connectivity index (χ0) is 14.9. The topological polar surface area (TPSA) is 32.3 Å². The minimum atomic E-state index is -0.744. The van der Waals surface area contributed by atoms with Crippen LogP contribution in [0.5, 0.6) is 0 Å².